The summed E-state index contributed by atoms with van der Waals surface area (Å²) in [5.74, 6) is 2.18. The molecule has 4 saturated carbocycles. The summed E-state index contributed by atoms with van der Waals surface area (Å²) < 4.78 is 1.55. The third-order valence-electron chi connectivity index (χ3n) is 7.59. The number of nitrogens with one attached hydrogen (secondary N) is 2. The lowest BCUT2D eigenvalue weighted by Gasteiger charge is -2.55. The van der Waals surface area contributed by atoms with E-state index in [2.05, 4.69) is 21.7 Å². The highest BCUT2D eigenvalue weighted by Gasteiger charge is 2.54. The van der Waals surface area contributed by atoms with Gasteiger partial charge in [-0.15, -0.1) is 0 Å². The molecular weight excluding hydrogens is 376 g/mol. The molecule has 0 spiro atoms. The molecule has 1 aromatic carbocycles. The third kappa shape index (κ3) is 3.13. The van der Waals surface area contributed by atoms with Gasteiger partial charge in [0.05, 0.1) is 22.9 Å². The average molecular weight is 407 g/mol. The van der Waals surface area contributed by atoms with Gasteiger partial charge in [0.2, 0.25) is 5.91 Å². The topological polar surface area (TPSA) is 79.2 Å². The van der Waals surface area contributed by atoms with Gasteiger partial charge < -0.3 is 0 Å². The van der Waals surface area contributed by atoms with Gasteiger partial charge in [0.1, 0.15) is 0 Å². The molecule has 2 aromatic rings. The number of hydrazone groups is 1. The first kappa shape index (κ1) is 19.3. The van der Waals surface area contributed by atoms with Crippen molar-refractivity contribution in [1.82, 2.24) is 15.2 Å². The molecule has 6 rings (SSSR count). The molecule has 6 heteroatoms. The Morgan fingerprint density at radius 3 is 2.37 bits per heavy atom. The van der Waals surface area contributed by atoms with Crippen molar-refractivity contribution in [2.75, 3.05) is 0 Å². The van der Waals surface area contributed by atoms with Gasteiger partial charge in [-0.25, -0.2) is 10.1 Å². The van der Waals surface area contributed by atoms with Gasteiger partial charge >= 0.3 is 0 Å². The van der Waals surface area contributed by atoms with Gasteiger partial charge in [0.25, 0.3) is 5.56 Å². The van der Waals surface area contributed by atoms with Crippen LogP contribution < -0.4 is 11.0 Å². The van der Waals surface area contributed by atoms with Crippen LogP contribution in [0.4, 0.5) is 0 Å². The fourth-order valence-electron chi connectivity index (χ4n) is 6.60. The normalized spacial score (nSPS) is 29.6. The highest BCUT2D eigenvalue weighted by molar-refractivity contribution is 5.86. The zero-order chi connectivity index (χ0) is 21.0. The first-order valence-corrected chi connectivity index (χ1v) is 11.1. The van der Waals surface area contributed by atoms with Crippen LogP contribution in [0.25, 0.3) is 5.69 Å². The third-order valence-corrected chi connectivity index (χ3v) is 7.59. The number of benzene rings is 1. The number of aromatic nitrogens is 2. The van der Waals surface area contributed by atoms with Crippen LogP contribution in [-0.2, 0) is 4.79 Å². The van der Waals surface area contributed by atoms with Crippen LogP contribution in [0.1, 0.15) is 60.9 Å². The fraction of sp³-hybridized carbons (Fsp3) is 0.542. The molecule has 158 valence electrons. The number of rotatable bonds is 4. The summed E-state index contributed by atoms with van der Waals surface area (Å²) in [7, 11) is 0. The van der Waals surface area contributed by atoms with E-state index in [1.807, 2.05) is 32.9 Å². The largest absolute Gasteiger partial charge is 0.295 e. The monoisotopic (exact) mass is 406 g/mol. The van der Waals surface area contributed by atoms with Crippen LogP contribution in [-0.4, -0.2) is 21.9 Å². The zero-order valence-electron chi connectivity index (χ0n) is 18.0. The number of nitrogens with zero attached hydrogens (tertiary/aromatic N) is 2. The maximum absolute atomic E-state index is 13.0. The minimum absolute atomic E-state index is 0.0424. The van der Waals surface area contributed by atoms with E-state index in [4.69, 9.17) is 0 Å². The maximum Gasteiger partial charge on any atom is 0.280 e. The Balaban J connectivity index is 1.35. The van der Waals surface area contributed by atoms with Crippen molar-refractivity contribution in [3.8, 4) is 5.69 Å². The molecule has 1 aromatic heterocycles. The number of carbonyl (C=O) groups excluding carboxylic acids is 1. The van der Waals surface area contributed by atoms with E-state index in [-0.39, 0.29) is 16.9 Å². The minimum Gasteiger partial charge on any atom is -0.295 e. The number of aryl methyl sites for hydroxylation is 3. The van der Waals surface area contributed by atoms with E-state index >= 15 is 0 Å². The predicted molar refractivity (Wildman–Crippen MR) is 117 cm³/mol. The van der Waals surface area contributed by atoms with Crippen LogP contribution in [0.3, 0.4) is 0 Å². The van der Waals surface area contributed by atoms with Crippen molar-refractivity contribution < 1.29 is 4.79 Å². The molecule has 4 bridgehead atoms. The molecule has 0 radical (unpaired) electrons. The summed E-state index contributed by atoms with van der Waals surface area (Å²) in [6.45, 7) is 5.87. The second-order valence-electron chi connectivity index (χ2n) is 9.98. The Kier molecular flexibility index (Phi) is 4.49. The molecule has 4 fully saturated rings. The highest BCUT2D eigenvalue weighted by Crippen LogP contribution is 2.60. The second-order valence-corrected chi connectivity index (χ2v) is 9.98. The predicted octanol–water partition coefficient (Wildman–Crippen LogP) is 3.76. The fourth-order valence-corrected chi connectivity index (χ4v) is 6.60. The zero-order valence-corrected chi connectivity index (χ0v) is 18.0. The van der Waals surface area contributed by atoms with Crippen LogP contribution in [0.15, 0.2) is 28.1 Å². The summed E-state index contributed by atoms with van der Waals surface area (Å²) in [6, 6.07) is 5.99. The van der Waals surface area contributed by atoms with Crippen molar-refractivity contribution in [1.29, 1.82) is 0 Å². The van der Waals surface area contributed by atoms with E-state index in [0.29, 0.717) is 23.3 Å². The summed E-state index contributed by atoms with van der Waals surface area (Å²) in [6.07, 6.45) is 8.41. The van der Waals surface area contributed by atoms with Gasteiger partial charge in [-0.3, -0.25) is 14.7 Å². The van der Waals surface area contributed by atoms with Gasteiger partial charge in [-0.2, -0.15) is 5.10 Å². The molecule has 30 heavy (non-hydrogen) atoms. The first-order valence-electron chi connectivity index (χ1n) is 11.1. The van der Waals surface area contributed by atoms with Crippen molar-refractivity contribution in [2.45, 2.75) is 59.3 Å². The number of hydrogen-bond acceptors (Lipinski definition) is 3. The Morgan fingerprint density at radius 1 is 1.13 bits per heavy atom. The SMILES string of the molecule is Cc1ccc(-n2[nH]c(C)c(C=NNC(=O)C34CC5CC(CC(C5)C3)C4)c2=O)c(C)c1. The molecule has 6 nitrogen and oxygen atoms in total. The Bertz CT molecular complexity index is 1060. The lowest BCUT2D eigenvalue weighted by molar-refractivity contribution is -0.146. The van der Waals surface area contributed by atoms with E-state index in [1.165, 1.54) is 25.5 Å². The van der Waals surface area contributed by atoms with Crippen LogP contribution in [0, 0.1) is 43.9 Å². The van der Waals surface area contributed by atoms with Gasteiger partial charge in [-0.05, 0) is 88.7 Å². The molecule has 0 atom stereocenters. The number of aromatic amines is 1. The Morgan fingerprint density at radius 2 is 1.77 bits per heavy atom. The lowest BCUT2D eigenvalue weighted by atomic mass is 9.49. The van der Waals surface area contributed by atoms with Crippen LogP contribution in [0.2, 0.25) is 0 Å². The lowest BCUT2D eigenvalue weighted by Crippen LogP contribution is -2.52. The number of H-pyrrole nitrogens is 1. The van der Waals surface area contributed by atoms with E-state index in [9.17, 15) is 9.59 Å². The van der Waals surface area contributed by atoms with Crippen LogP contribution >= 0.6 is 0 Å². The molecule has 1 amide bonds. The highest BCUT2D eigenvalue weighted by atomic mass is 16.2. The van der Waals surface area contributed by atoms with Crippen molar-refractivity contribution in [3.63, 3.8) is 0 Å². The van der Waals surface area contributed by atoms with Crippen molar-refractivity contribution in [3.05, 3.63) is 50.9 Å². The summed E-state index contributed by atoms with van der Waals surface area (Å²) in [5, 5.41) is 7.34. The van der Waals surface area contributed by atoms with Crippen LogP contribution in [0.5, 0.6) is 0 Å². The standard InChI is InChI=1S/C24H30N4O2/c1-14-4-5-21(15(2)6-14)28-22(29)20(16(3)27-28)13-25-26-23(30)24-10-17-7-18(11-24)9-19(8-17)12-24/h4-6,13,17-19,27H,7-12H2,1-3H3,(H,26,30). The minimum atomic E-state index is -0.238. The van der Waals surface area contributed by atoms with Crippen molar-refractivity contribution in [2.24, 2.45) is 28.3 Å². The molecule has 0 aliphatic heterocycles. The maximum atomic E-state index is 13.0. The number of amides is 1. The molecular formula is C24H30N4O2. The van der Waals surface area contributed by atoms with Gasteiger partial charge in [0, 0.05) is 5.69 Å². The van der Waals surface area contributed by atoms with E-state index in [0.717, 1.165) is 41.8 Å². The van der Waals surface area contributed by atoms with Gasteiger partial charge in [0.15, 0.2) is 0 Å². The molecule has 0 unspecified atom stereocenters. The average Bonchev–Trinajstić information content (AvgIpc) is 2.95. The molecule has 2 N–H and O–H groups in total. The number of carbonyl (C=O) groups is 1. The Labute approximate surface area is 176 Å². The summed E-state index contributed by atoms with van der Waals surface area (Å²) in [5.41, 5.74) is 6.59. The van der Waals surface area contributed by atoms with E-state index in [1.54, 1.807) is 4.68 Å². The summed E-state index contributed by atoms with van der Waals surface area (Å²) in [4.78, 5) is 26.0. The number of hydrogen-bond donors (Lipinski definition) is 2. The second kappa shape index (κ2) is 6.96. The molecule has 4 aliphatic carbocycles. The van der Waals surface area contributed by atoms with Gasteiger partial charge in [-0.1, -0.05) is 17.7 Å². The molecule has 4 aliphatic rings. The smallest absolute Gasteiger partial charge is 0.280 e. The van der Waals surface area contributed by atoms with Crippen molar-refractivity contribution >= 4 is 12.1 Å². The molecule has 0 saturated heterocycles. The summed E-state index contributed by atoms with van der Waals surface area (Å²) >= 11 is 0. The first-order chi connectivity index (χ1) is 14.3. The quantitative estimate of drug-likeness (QED) is 0.599. The van der Waals surface area contributed by atoms with E-state index < -0.39 is 0 Å². The Hall–Kier alpha value is -2.63. The molecule has 1 heterocycles.